The zero-order valence-corrected chi connectivity index (χ0v) is 15.6. The Kier molecular flexibility index (Phi) is 5.73. The van der Waals surface area contributed by atoms with Crippen molar-refractivity contribution in [3.05, 3.63) is 58.4 Å². The first-order valence-corrected chi connectivity index (χ1v) is 9.61. The molecule has 6 heteroatoms. The topological polar surface area (TPSA) is 87.0 Å². The summed E-state index contributed by atoms with van der Waals surface area (Å²) in [6.45, 7) is 7.79. The Morgan fingerprint density at radius 2 is 1.68 bits per heavy atom. The Morgan fingerprint density at radius 3 is 2.16 bits per heavy atom. The average Bonchev–Trinajstić information content (AvgIpc) is 2.49. The van der Waals surface area contributed by atoms with E-state index in [2.05, 4.69) is 0 Å². The van der Waals surface area contributed by atoms with Crippen molar-refractivity contribution in [1.29, 1.82) is 0 Å². The largest absolute Gasteiger partial charge is 0.504 e. The normalized spacial score (nSPS) is 12.1. The highest BCUT2D eigenvalue weighted by Crippen LogP contribution is 2.39. The second-order valence-corrected chi connectivity index (χ2v) is 7.85. The first kappa shape index (κ1) is 19.3. The summed E-state index contributed by atoms with van der Waals surface area (Å²) >= 11 is 0. The Balaban J connectivity index is 2.32. The van der Waals surface area contributed by atoms with Crippen LogP contribution in [0.15, 0.2) is 36.1 Å². The van der Waals surface area contributed by atoms with Gasteiger partial charge in [0.05, 0.1) is 0 Å². The number of phenolic OH excluding ortho intramolecular Hbond substituents is 1. The predicted octanol–water partition coefficient (Wildman–Crippen LogP) is 5.07. The van der Waals surface area contributed by atoms with Gasteiger partial charge in [0.15, 0.2) is 11.5 Å². The van der Waals surface area contributed by atoms with Gasteiger partial charge in [-0.25, -0.2) is 0 Å². The summed E-state index contributed by atoms with van der Waals surface area (Å²) in [7, 11) is -4.19. The van der Waals surface area contributed by atoms with Gasteiger partial charge in [0.2, 0.25) is 0 Å². The van der Waals surface area contributed by atoms with Crippen molar-refractivity contribution < 1.29 is 24.2 Å². The molecule has 0 fully saturated rings. The summed E-state index contributed by atoms with van der Waals surface area (Å²) in [5.41, 5.74) is 3.30. The van der Waals surface area contributed by atoms with Crippen molar-refractivity contribution in [2.45, 2.75) is 33.6 Å². The van der Waals surface area contributed by atoms with E-state index < -0.39 is 7.60 Å². The molecule has 5 nitrogen and oxygen atoms in total. The lowest BCUT2D eigenvalue weighted by molar-refractivity contribution is 0.386. The number of phenols is 1. The lowest BCUT2D eigenvalue weighted by Crippen LogP contribution is -1.94. The lowest BCUT2D eigenvalue weighted by atomic mass is 10.0. The molecule has 0 atom stereocenters. The highest BCUT2D eigenvalue weighted by atomic mass is 31.2. The van der Waals surface area contributed by atoms with Crippen LogP contribution in [0.3, 0.4) is 0 Å². The molecule has 2 rings (SSSR count). The molecule has 0 aliphatic heterocycles. The third-order valence-electron chi connectivity index (χ3n) is 3.81. The number of rotatable bonds is 5. The van der Waals surface area contributed by atoms with Gasteiger partial charge in [0.1, 0.15) is 5.75 Å². The Hall–Kier alpha value is -2.07. The van der Waals surface area contributed by atoms with Gasteiger partial charge in [-0.3, -0.25) is 4.57 Å². The number of ether oxygens (including phenoxy) is 1. The second-order valence-electron chi connectivity index (χ2n) is 6.37. The van der Waals surface area contributed by atoms with Crippen molar-refractivity contribution in [2.75, 3.05) is 0 Å². The Morgan fingerprint density at radius 1 is 1.08 bits per heavy atom. The third-order valence-corrected chi connectivity index (χ3v) is 4.34. The number of aryl methyl sites for hydroxylation is 2. The molecule has 0 aliphatic rings. The number of hydrogen-bond acceptors (Lipinski definition) is 3. The van der Waals surface area contributed by atoms with E-state index in [0.29, 0.717) is 23.0 Å². The standard InChI is InChI=1S/C19H23O5P/c1-12(2)16-5-6-18(17(20)11-16)24-19-13(3)9-15(10-14(19)4)7-8-25(21,22)23/h5-12,20H,1-4H3,(H2,21,22,23)/b8-7+. The van der Waals surface area contributed by atoms with Gasteiger partial charge >= 0.3 is 7.60 Å². The maximum Gasteiger partial charge on any atom is 0.349 e. The minimum Gasteiger partial charge on any atom is -0.504 e. The molecule has 134 valence electrons. The second kappa shape index (κ2) is 7.44. The van der Waals surface area contributed by atoms with E-state index in [1.807, 2.05) is 33.8 Å². The Bertz CT molecular complexity index is 826. The van der Waals surface area contributed by atoms with E-state index in [1.54, 1.807) is 24.3 Å². The highest BCUT2D eigenvalue weighted by molar-refractivity contribution is 7.55. The van der Waals surface area contributed by atoms with Crippen LogP contribution in [0, 0.1) is 13.8 Å². The van der Waals surface area contributed by atoms with Crippen LogP contribution in [0.4, 0.5) is 0 Å². The zero-order valence-electron chi connectivity index (χ0n) is 14.7. The Labute approximate surface area is 147 Å². The molecule has 0 amide bonds. The van der Waals surface area contributed by atoms with Crippen LogP contribution in [0.5, 0.6) is 17.2 Å². The van der Waals surface area contributed by atoms with E-state index >= 15 is 0 Å². The summed E-state index contributed by atoms with van der Waals surface area (Å²) in [5.74, 6) is 2.24. The first-order chi connectivity index (χ1) is 11.6. The van der Waals surface area contributed by atoms with Gasteiger partial charge in [-0.05, 0) is 72.4 Å². The minimum absolute atomic E-state index is 0.0791. The van der Waals surface area contributed by atoms with Gasteiger partial charge in [-0.15, -0.1) is 0 Å². The van der Waals surface area contributed by atoms with Gasteiger partial charge in [-0.1, -0.05) is 19.9 Å². The predicted molar refractivity (Wildman–Crippen MR) is 99.3 cm³/mol. The van der Waals surface area contributed by atoms with Gasteiger partial charge in [-0.2, -0.15) is 0 Å². The van der Waals surface area contributed by atoms with Crippen LogP contribution >= 0.6 is 7.60 Å². The van der Waals surface area contributed by atoms with E-state index in [9.17, 15) is 9.67 Å². The van der Waals surface area contributed by atoms with Gasteiger partial charge in [0, 0.05) is 5.82 Å². The molecule has 0 aliphatic carbocycles. The van der Waals surface area contributed by atoms with Crippen molar-refractivity contribution in [3.8, 4) is 17.2 Å². The van der Waals surface area contributed by atoms with E-state index in [4.69, 9.17) is 14.5 Å². The summed E-state index contributed by atoms with van der Waals surface area (Å²) in [4.78, 5) is 17.9. The van der Waals surface area contributed by atoms with Crippen molar-refractivity contribution >= 4 is 13.7 Å². The maximum absolute atomic E-state index is 11.0. The summed E-state index contributed by atoms with van der Waals surface area (Å²) in [5, 5.41) is 10.2. The summed E-state index contributed by atoms with van der Waals surface area (Å²) < 4.78 is 16.8. The summed E-state index contributed by atoms with van der Waals surface area (Å²) in [6, 6.07) is 8.90. The SMILES string of the molecule is Cc1cc(/C=C/P(=O)(O)O)cc(C)c1Oc1ccc(C(C)C)cc1O. The van der Waals surface area contributed by atoms with Crippen LogP contribution in [0.1, 0.15) is 42.0 Å². The van der Waals surface area contributed by atoms with E-state index in [1.165, 1.54) is 6.08 Å². The van der Waals surface area contributed by atoms with Gasteiger partial charge in [0.25, 0.3) is 0 Å². The molecule has 2 aromatic rings. The first-order valence-electron chi connectivity index (χ1n) is 7.93. The molecule has 0 unspecified atom stereocenters. The van der Waals surface area contributed by atoms with Crippen LogP contribution < -0.4 is 4.74 Å². The quantitative estimate of drug-likeness (QED) is 0.646. The maximum atomic E-state index is 11.0. The molecule has 0 aromatic heterocycles. The van der Waals surface area contributed by atoms with Crippen LogP contribution in [-0.2, 0) is 4.57 Å². The molecule has 25 heavy (non-hydrogen) atoms. The van der Waals surface area contributed by atoms with Crippen molar-refractivity contribution in [1.82, 2.24) is 0 Å². The fourth-order valence-electron chi connectivity index (χ4n) is 2.51. The lowest BCUT2D eigenvalue weighted by Gasteiger charge is -2.15. The smallest absolute Gasteiger partial charge is 0.349 e. The minimum atomic E-state index is -4.19. The average molecular weight is 362 g/mol. The monoisotopic (exact) mass is 362 g/mol. The van der Waals surface area contributed by atoms with Crippen molar-refractivity contribution in [2.24, 2.45) is 0 Å². The molecule has 0 bridgehead atoms. The fraction of sp³-hybridized carbons (Fsp3) is 0.263. The molecule has 0 saturated heterocycles. The fourth-order valence-corrected chi connectivity index (χ4v) is 2.88. The molecule has 0 radical (unpaired) electrons. The molecule has 0 heterocycles. The molecular formula is C19H23O5P. The molecule has 3 N–H and O–H groups in total. The molecule has 2 aromatic carbocycles. The zero-order chi connectivity index (χ0) is 18.8. The van der Waals surface area contributed by atoms with Crippen LogP contribution in [0.2, 0.25) is 0 Å². The molecule has 0 saturated carbocycles. The number of benzene rings is 2. The summed E-state index contributed by atoms with van der Waals surface area (Å²) in [6.07, 6.45) is 1.39. The van der Waals surface area contributed by atoms with Crippen molar-refractivity contribution in [3.63, 3.8) is 0 Å². The number of aromatic hydroxyl groups is 1. The highest BCUT2D eigenvalue weighted by Gasteiger charge is 2.12. The van der Waals surface area contributed by atoms with Crippen LogP contribution in [-0.4, -0.2) is 14.9 Å². The van der Waals surface area contributed by atoms with Crippen LogP contribution in [0.25, 0.3) is 6.08 Å². The third kappa shape index (κ3) is 5.20. The van der Waals surface area contributed by atoms with E-state index in [-0.39, 0.29) is 5.75 Å². The van der Waals surface area contributed by atoms with E-state index in [0.717, 1.165) is 22.5 Å². The number of hydrogen-bond donors (Lipinski definition) is 3. The van der Waals surface area contributed by atoms with Gasteiger partial charge < -0.3 is 19.6 Å². The molecular weight excluding hydrogens is 339 g/mol. The molecule has 0 spiro atoms.